The number of aryl methyl sites for hydroxylation is 2. The molecule has 1 aromatic carbocycles. The number of ether oxygens (including phenoxy) is 1. The third kappa shape index (κ3) is 3.82. The second-order valence-electron chi connectivity index (χ2n) is 4.16. The third-order valence-corrected chi connectivity index (χ3v) is 3.41. The van der Waals surface area contributed by atoms with Crippen LogP contribution in [0, 0.1) is 6.92 Å². The second kappa shape index (κ2) is 6.52. The van der Waals surface area contributed by atoms with Crippen molar-refractivity contribution in [3.05, 3.63) is 45.9 Å². The zero-order valence-electron chi connectivity index (χ0n) is 10.4. The first-order valence-corrected chi connectivity index (χ1v) is 6.89. The Morgan fingerprint density at radius 2 is 2.28 bits per heavy atom. The second-order valence-corrected chi connectivity index (χ2v) is 5.11. The van der Waals surface area contributed by atoms with Gasteiger partial charge in [-0.05, 0) is 37.5 Å². The first-order valence-electron chi connectivity index (χ1n) is 6.01. The fourth-order valence-electron chi connectivity index (χ4n) is 1.64. The number of benzene rings is 1. The molecule has 1 N–H and O–H groups in total. The molecule has 0 bridgehead atoms. The Bertz CT molecular complexity index is 496. The van der Waals surface area contributed by atoms with Gasteiger partial charge in [0.1, 0.15) is 17.4 Å². The van der Waals surface area contributed by atoms with Gasteiger partial charge in [-0.3, -0.25) is 0 Å². The molecular weight excluding hydrogens is 246 g/mol. The summed E-state index contributed by atoms with van der Waals surface area (Å²) in [7, 11) is 0. The van der Waals surface area contributed by atoms with Crippen LogP contribution < -0.4 is 4.74 Å². The number of hydrogen-bond acceptors (Lipinski definition) is 4. The third-order valence-electron chi connectivity index (χ3n) is 2.54. The molecule has 0 aliphatic carbocycles. The maximum Gasteiger partial charge on any atom is 0.140 e. The predicted molar refractivity (Wildman–Crippen MR) is 73.0 cm³/mol. The lowest BCUT2D eigenvalue weighted by Crippen LogP contribution is -1.96. The average Bonchev–Trinajstić information content (AvgIpc) is 2.82. The lowest BCUT2D eigenvalue weighted by atomic mass is 10.2. The van der Waals surface area contributed by atoms with Crippen molar-refractivity contribution in [2.75, 3.05) is 6.61 Å². The van der Waals surface area contributed by atoms with E-state index in [2.05, 4.69) is 4.98 Å². The van der Waals surface area contributed by atoms with Gasteiger partial charge in [-0.2, -0.15) is 0 Å². The van der Waals surface area contributed by atoms with Crippen molar-refractivity contribution in [3.8, 4) is 5.75 Å². The first kappa shape index (κ1) is 13.1. The molecule has 0 saturated carbocycles. The monoisotopic (exact) mass is 263 g/mol. The molecule has 2 rings (SSSR count). The van der Waals surface area contributed by atoms with Crippen LogP contribution in [0.25, 0.3) is 0 Å². The maximum atomic E-state index is 8.76. The predicted octanol–water partition coefficient (Wildman–Crippen LogP) is 2.96. The lowest BCUT2D eigenvalue weighted by molar-refractivity contribution is 0.287. The largest absolute Gasteiger partial charge is 0.486 e. The molecule has 0 atom stereocenters. The molecule has 0 amide bonds. The molecule has 96 valence electrons. The average molecular weight is 263 g/mol. The minimum atomic E-state index is 0.215. The summed E-state index contributed by atoms with van der Waals surface area (Å²) in [5.41, 5.74) is 2.23. The summed E-state index contributed by atoms with van der Waals surface area (Å²) in [5.74, 6) is 0.877. The molecule has 0 unspecified atom stereocenters. The molecular formula is C14H17NO2S. The summed E-state index contributed by atoms with van der Waals surface area (Å²) in [6.45, 7) is 2.77. The Morgan fingerprint density at radius 3 is 3.06 bits per heavy atom. The molecule has 1 aromatic heterocycles. The maximum absolute atomic E-state index is 8.76. The molecule has 4 heteroatoms. The molecule has 0 radical (unpaired) electrons. The number of hydrogen-bond donors (Lipinski definition) is 1. The van der Waals surface area contributed by atoms with E-state index in [0.717, 1.165) is 29.3 Å². The van der Waals surface area contributed by atoms with Gasteiger partial charge >= 0.3 is 0 Å². The summed E-state index contributed by atoms with van der Waals surface area (Å²) in [6.07, 6.45) is 1.60. The van der Waals surface area contributed by atoms with Crippen LogP contribution in [-0.4, -0.2) is 16.7 Å². The molecule has 0 aliphatic heterocycles. The van der Waals surface area contributed by atoms with Gasteiger partial charge in [0, 0.05) is 12.0 Å². The van der Waals surface area contributed by atoms with Crippen LogP contribution in [0.1, 0.15) is 22.7 Å². The van der Waals surface area contributed by atoms with Gasteiger partial charge in [0.15, 0.2) is 0 Å². The minimum Gasteiger partial charge on any atom is -0.486 e. The van der Waals surface area contributed by atoms with E-state index in [0.29, 0.717) is 6.61 Å². The quantitative estimate of drug-likeness (QED) is 0.871. The molecule has 0 spiro atoms. The lowest BCUT2D eigenvalue weighted by Gasteiger charge is -2.04. The molecule has 2 aromatic rings. The highest BCUT2D eigenvalue weighted by Gasteiger charge is 2.03. The van der Waals surface area contributed by atoms with Gasteiger partial charge in [-0.25, -0.2) is 4.98 Å². The number of aliphatic hydroxyl groups excluding tert-OH is 1. The van der Waals surface area contributed by atoms with Gasteiger partial charge in [0.05, 0.1) is 5.69 Å². The summed E-state index contributed by atoms with van der Waals surface area (Å²) >= 11 is 1.61. The van der Waals surface area contributed by atoms with Gasteiger partial charge in [-0.1, -0.05) is 12.1 Å². The Morgan fingerprint density at radius 1 is 1.39 bits per heavy atom. The number of nitrogens with zero attached hydrogens (tertiary/aromatic N) is 1. The fourth-order valence-corrected chi connectivity index (χ4v) is 2.38. The standard InChI is InChI=1S/C14H17NO2S/c1-11-4-2-6-13(8-11)17-9-14-15-12(10-18-14)5-3-7-16/h2,4,6,8,10,16H,3,5,7,9H2,1H3. The van der Waals surface area contributed by atoms with E-state index in [4.69, 9.17) is 9.84 Å². The SMILES string of the molecule is Cc1cccc(OCc2nc(CCCO)cs2)c1. The highest BCUT2D eigenvalue weighted by molar-refractivity contribution is 7.09. The van der Waals surface area contributed by atoms with Crippen LogP contribution in [0.2, 0.25) is 0 Å². The summed E-state index contributed by atoms with van der Waals surface area (Å²) in [5, 5.41) is 11.8. The summed E-state index contributed by atoms with van der Waals surface area (Å²) < 4.78 is 5.69. The first-order chi connectivity index (χ1) is 8.78. The van der Waals surface area contributed by atoms with E-state index in [1.54, 1.807) is 11.3 Å². The van der Waals surface area contributed by atoms with Crippen LogP contribution in [0.5, 0.6) is 5.75 Å². The van der Waals surface area contributed by atoms with E-state index in [1.807, 2.05) is 36.6 Å². The van der Waals surface area contributed by atoms with E-state index < -0.39 is 0 Å². The van der Waals surface area contributed by atoms with Crippen LogP contribution in [0.3, 0.4) is 0 Å². The number of thiazole rings is 1. The molecule has 0 saturated heterocycles. The van der Waals surface area contributed by atoms with Crippen molar-refractivity contribution >= 4 is 11.3 Å². The van der Waals surface area contributed by atoms with Crippen LogP contribution in [0.4, 0.5) is 0 Å². The summed E-state index contributed by atoms with van der Waals surface area (Å²) in [6, 6.07) is 8.00. The van der Waals surface area contributed by atoms with Crippen molar-refractivity contribution in [3.63, 3.8) is 0 Å². The number of aliphatic hydroxyl groups is 1. The van der Waals surface area contributed by atoms with Crippen molar-refractivity contribution in [1.82, 2.24) is 4.98 Å². The molecule has 1 heterocycles. The fraction of sp³-hybridized carbons (Fsp3) is 0.357. The van der Waals surface area contributed by atoms with Crippen molar-refractivity contribution < 1.29 is 9.84 Å². The van der Waals surface area contributed by atoms with Crippen LogP contribution in [-0.2, 0) is 13.0 Å². The smallest absolute Gasteiger partial charge is 0.140 e. The normalized spacial score (nSPS) is 10.6. The number of rotatable bonds is 6. The zero-order valence-corrected chi connectivity index (χ0v) is 11.2. The highest BCUT2D eigenvalue weighted by atomic mass is 32.1. The molecule has 18 heavy (non-hydrogen) atoms. The number of aromatic nitrogens is 1. The van der Waals surface area contributed by atoms with E-state index in [9.17, 15) is 0 Å². The topological polar surface area (TPSA) is 42.4 Å². The Labute approximate surface area is 111 Å². The Balaban J connectivity index is 1.88. The van der Waals surface area contributed by atoms with Crippen LogP contribution >= 0.6 is 11.3 Å². The van der Waals surface area contributed by atoms with Crippen molar-refractivity contribution in [2.45, 2.75) is 26.4 Å². The molecule has 0 aliphatic rings. The van der Waals surface area contributed by atoms with Gasteiger partial charge in [0.2, 0.25) is 0 Å². The van der Waals surface area contributed by atoms with E-state index in [1.165, 1.54) is 5.56 Å². The highest BCUT2D eigenvalue weighted by Crippen LogP contribution is 2.17. The Kier molecular flexibility index (Phi) is 4.73. The van der Waals surface area contributed by atoms with Gasteiger partial charge in [0.25, 0.3) is 0 Å². The minimum absolute atomic E-state index is 0.215. The van der Waals surface area contributed by atoms with Crippen molar-refractivity contribution in [2.24, 2.45) is 0 Å². The molecule has 3 nitrogen and oxygen atoms in total. The van der Waals surface area contributed by atoms with Gasteiger partial charge < -0.3 is 9.84 Å². The van der Waals surface area contributed by atoms with Crippen LogP contribution in [0.15, 0.2) is 29.6 Å². The zero-order chi connectivity index (χ0) is 12.8. The molecule has 0 fully saturated rings. The van der Waals surface area contributed by atoms with E-state index >= 15 is 0 Å². The Hall–Kier alpha value is -1.39. The van der Waals surface area contributed by atoms with Crippen molar-refractivity contribution in [1.29, 1.82) is 0 Å². The van der Waals surface area contributed by atoms with E-state index in [-0.39, 0.29) is 6.61 Å². The summed E-state index contributed by atoms with van der Waals surface area (Å²) in [4.78, 5) is 4.47. The van der Waals surface area contributed by atoms with Gasteiger partial charge in [-0.15, -0.1) is 11.3 Å².